The minimum atomic E-state index is -0.144. The summed E-state index contributed by atoms with van der Waals surface area (Å²) in [5.41, 5.74) is 1.48. The Hall–Kier alpha value is -0.900. The Kier molecular flexibility index (Phi) is 4.16. The number of hydrogen-bond acceptors (Lipinski definition) is 3. The molecule has 2 heterocycles. The first-order valence-electron chi connectivity index (χ1n) is 7.52. The second-order valence-corrected chi connectivity index (χ2v) is 5.85. The zero-order valence-electron chi connectivity index (χ0n) is 11.5. The summed E-state index contributed by atoms with van der Waals surface area (Å²) in [6.45, 7) is 4.13. The summed E-state index contributed by atoms with van der Waals surface area (Å²) < 4.78 is 0. The minimum absolute atomic E-state index is 0.144. The van der Waals surface area contributed by atoms with E-state index in [9.17, 15) is 5.11 Å². The number of likely N-dealkylation sites (tertiary alicyclic amines) is 1. The van der Waals surface area contributed by atoms with Crippen molar-refractivity contribution in [2.45, 2.75) is 37.3 Å². The van der Waals surface area contributed by atoms with Crippen molar-refractivity contribution in [3.8, 4) is 0 Å². The molecule has 3 heteroatoms. The standard InChI is InChI=1S/C16H24N2O/c19-16-6-9-17-12-15(16)18-10-7-14(8-11-18)13-4-2-1-3-5-13/h1-5,14-17,19H,6-12H2/t15-,16+/m0/s1. The third-order valence-corrected chi connectivity index (χ3v) is 4.68. The summed E-state index contributed by atoms with van der Waals surface area (Å²) in [6.07, 6.45) is 3.18. The third kappa shape index (κ3) is 2.99. The molecule has 2 saturated heterocycles. The van der Waals surface area contributed by atoms with Crippen molar-refractivity contribution in [1.29, 1.82) is 0 Å². The maximum absolute atomic E-state index is 10.1. The zero-order chi connectivity index (χ0) is 13.1. The van der Waals surface area contributed by atoms with Crippen LogP contribution in [-0.4, -0.2) is 48.3 Å². The van der Waals surface area contributed by atoms with Gasteiger partial charge in [0.15, 0.2) is 0 Å². The molecule has 2 atom stereocenters. The van der Waals surface area contributed by atoms with Gasteiger partial charge in [0.25, 0.3) is 0 Å². The fourth-order valence-corrected chi connectivity index (χ4v) is 3.49. The first kappa shape index (κ1) is 13.1. The molecule has 1 aromatic carbocycles. The summed E-state index contributed by atoms with van der Waals surface area (Å²) in [6, 6.07) is 11.2. The van der Waals surface area contributed by atoms with E-state index >= 15 is 0 Å². The Morgan fingerprint density at radius 3 is 2.47 bits per heavy atom. The molecule has 0 spiro atoms. The summed E-state index contributed by atoms with van der Waals surface area (Å²) in [7, 11) is 0. The highest BCUT2D eigenvalue weighted by Gasteiger charge is 2.31. The number of nitrogens with zero attached hydrogens (tertiary/aromatic N) is 1. The predicted octanol–water partition coefficient (Wildman–Crippen LogP) is 1.59. The normalized spacial score (nSPS) is 30.4. The van der Waals surface area contributed by atoms with Gasteiger partial charge in [-0.1, -0.05) is 30.3 Å². The lowest BCUT2D eigenvalue weighted by Crippen LogP contribution is -2.55. The van der Waals surface area contributed by atoms with E-state index < -0.39 is 0 Å². The summed E-state index contributed by atoms with van der Waals surface area (Å²) in [5.74, 6) is 0.700. The van der Waals surface area contributed by atoms with Crippen molar-refractivity contribution in [2.24, 2.45) is 0 Å². The van der Waals surface area contributed by atoms with Crippen LogP contribution in [0, 0.1) is 0 Å². The molecule has 19 heavy (non-hydrogen) atoms. The highest BCUT2D eigenvalue weighted by Crippen LogP contribution is 2.29. The van der Waals surface area contributed by atoms with Crippen molar-refractivity contribution in [2.75, 3.05) is 26.2 Å². The molecule has 2 N–H and O–H groups in total. The fraction of sp³-hybridized carbons (Fsp3) is 0.625. The molecule has 0 amide bonds. The van der Waals surface area contributed by atoms with Crippen LogP contribution in [0.1, 0.15) is 30.7 Å². The Balaban J connectivity index is 1.57. The van der Waals surface area contributed by atoms with E-state index in [-0.39, 0.29) is 6.10 Å². The number of hydrogen-bond donors (Lipinski definition) is 2. The van der Waals surface area contributed by atoms with Gasteiger partial charge in [-0.15, -0.1) is 0 Å². The quantitative estimate of drug-likeness (QED) is 0.847. The highest BCUT2D eigenvalue weighted by atomic mass is 16.3. The molecular formula is C16H24N2O. The lowest BCUT2D eigenvalue weighted by atomic mass is 9.88. The number of benzene rings is 1. The molecule has 0 aliphatic carbocycles. The molecule has 0 aromatic heterocycles. The Bertz CT molecular complexity index is 387. The maximum atomic E-state index is 10.1. The van der Waals surface area contributed by atoms with Crippen LogP contribution in [0.15, 0.2) is 30.3 Å². The second kappa shape index (κ2) is 6.04. The van der Waals surface area contributed by atoms with Crippen molar-refractivity contribution in [3.05, 3.63) is 35.9 Å². The molecule has 3 nitrogen and oxygen atoms in total. The van der Waals surface area contributed by atoms with E-state index in [0.717, 1.165) is 32.6 Å². The fourth-order valence-electron chi connectivity index (χ4n) is 3.49. The number of aliphatic hydroxyl groups is 1. The summed E-state index contributed by atoms with van der Waals surface area (Å²) >= 11 is 0. The summed E-state index contributed by atoms with van der Waals surface area (Å²) in [4.78, 5) is 2.48. The van der Waals surface area contributed by atoms with Crippen molar-refractivity contribution >= 4 is 0 Å². The topological polar surface area (TPSA) is 35.5 Å². The van der Waals surface area contributed by atoms with Gasteiger partial charge in [0.1, 0.15) is 0 Å². The van der Waals surface area contributed by atoms with Crippen LogP contribution in [0.4, 0.5) is 0 Å². The van der Waals surface area contributed by atoms with Gasteiger partial charge in [-0.2, -0.15) is 0 Å². The van der Waals surface area contributed by atoms with Gasteiger partial charge in [0.05, 0.1) is 6.10 Å². The number of piperidine rings is 2. The highest BCUT2D eigenvalue weighted by molar-refractivity contribution is 5.20. The SMILES string of the molecule is O[C@@H]1CCNC[C@@H]1N1CCC(c2ccccc2)CC1. The molecule has 3 rings (SSSR count). The molecule has 0 radical (unpaired) electrons. The summed E-state index contributed by atoms with van der Waals surface area (Å²) in [5, 5.41) is 13.5. The lowest BCUT2D eigenvalue weighted by molar-refractivity contribution is 0.0167. The molecule has 0 unspecified atom stereocenters. The molecule has 2 fully saturated rings. The van der Waals surface area contributed by atoms with Gasteiger partial charge in [0.2, 0.25) is 0 Å². The molecule has 0 bridgehead atoms. The Morgan fingerprint density at radius 1 is 1.05 bits per heavy atom. The van der Waals surface area contributed by atoms with Crippen molar-refractivity contribution < 1.29 is 5.11 Å². The Morgan fingerprint density at radius 2 is 1.79 bits per heavy atom. The van der Waals surface area contributed by atoms with Crippen LogP contribution >= 0.6 is 0 Å². The van der Waals surface area contributed by atoms with E-state index in [4.69, 9.17) is 0 Å². The van der Waals surface area contributed by atoms with Gasteiger partial charge in [0, 0.05) is 12.6 Å². The van der Waals surface area contributed by atoms with Crippen LogP contribution in [0.25, 0.3) is 0 Å². The van der Waals surface area contributed by atoms with E-state index in [0.29, 0.717) is 12.0 Å². The molecule has 2 aliphatic rings. The average Bonchev–Trinajstić information content (AvgIpc) is 2.49. The first-order chi connectivity index (χ1) is 9.34. The molecular weight excluding hydrogens is 236 g/mol. The van der Waals surface area contributed by atoms with E-state index in [1.807, 2.05) is 0 Å². The van der Waals surface area contributed by atoms with Crippen molar-refractivity contribution in [3.63, 3.8) is 0 Å². The van der Waals surface area contributed by atoms with Gasteiger partial charge >= 0.3 is 0 Å². The minimum Gasteiger partial charge on any atom is -0.391 e. The molecule has 104 valence electrons. The van der Waals surface area contributed by atoms with Crippen LogP contribution in [0.2, 0.25) is 0 Å². The molecule has 2 aliphatic heterocycles. The maximum Gasteiger partial charge on any atom is 0.0719 e. The lowest BCUT2D eigenvalue weighted by Gasteiger charge is -2.41. The smallest absolute Gasteiger partial charge is 0.0719 e. The number of nitrogens with one attached hydrogen (secondary N) is 1. The van der Waals surface area contributed by atoms with E-state index in [1.165, 1.54) is 18.4 Å². The van der Waals surface area contributed by atoms with Crippen LogP contribution in [0.3, 0.4) is 0 Å². The van der Waals surface area contributed by atoms with Gasteiger partial charge in [-0.3, -0.25) is 4.90 Å². The van der Waals surface area contributed by atoms with E-state index in [1.54, 1.807) is 0 Å². The number of rotatable bonds is 2. The van der Waals surface area contributed by atoms with Gasteiger partial charge in [-0.05, 0) is 50.4 Å². The predicted molar refractivity (Wildman–Crippen MR) is 77.3 cm³/mol. The third-order valence-electron chi connectivity index (χ3n) is 4.68. The number of aliphatic hydroxyl groups excluding tert-OH is 1. The first-order valence-corrected chi connectivity index (χ1v) is 7.52. The van der Waals surface area contributed by atoms with Crippen molar-refractivity contribution in [1.82, 2.24) is 10.2 Å². The Labute approximate surface area is 115 Å². The van der Waals surface area contributed by atoms with Crippen LogP contribution in [-0.2, 0) is 0 Å². The zero-order valence-corrected chi connectivity index (χ0v) is 11.5. The monoisotopic (exact) mass is 260 g/mol. The second-order valence-electron chi connectivity index (χ2n) is 5.85. The largest absolute Gasteiger partial charge is 0.391 e. The molecule has 0 saturated carbocycles. The van der Waals surface area contributed by atoms with Gasteiger partial charge in [-0.25, -0.2) is 0 Å². The van der Waals surface area contributed by atoms with Crippen LogP contribution < -0.4 is 5.32 Å². The van der Waals surface area contributed by atoms with Crippen LogP contribution in [0.5, 0.6) is 0 Å². The molecule has 1 aromatic rings. The average molecular weight is 260 g/mol. The van der Waals surface area contributed by atoms with E-state index in [2.05, 4.69) is 40.5 Å². The van der Waals surface area contributed by atoms with Gasteiger partial charge < -0.3 is 10.4 Å².